The van der Waals surface area contributed by atoms with Gasteiger partial charge in [-0.15, -0.1) is 11.6 Å². The third-order valence-electron chi connectivity index (χ3n) is 2.48. The van der Waals surface area contributed by atoms with Crippen LogP contribution in [0.5, 0.6) is 0 Å². The van der Waals surface area contributed by atoms with Gasteiger partial charge >= 0.3 is 0 Å². The van der Waals surface area contributed by atoms with E-state index in [4.69, 9.17) is 11.6 Å². The number of H-pyrrole nitrogens is 1. The fourth-order valence-electron chi connectivity index (χ4n) is 1.53. The largest absolute Gasteiger partial charge is 0.341 e. The van der Waals surface area contributed by atoms with Gasteiger partial charge in [0.05, 0.1) is 22.8 Å². The lowest BCUT2D eigenvalue weighted by molar-refractivity contribution is 0.585. The molecule has 0 spiro atoms. The van der Waals surface area contributed by atoms with Crippen molar-refractivity contribution < 1.29 is 8.78 Å². The Morgan fingerprint density at radius 3 is 2.82 bits per heavy atom. The van der Waals surface area contributed by atoms with Crippen molar-refractivity contribution in [2.24, 2.45) is 0 Å². The summed E-state index contributed by atoms with van der Waals surface area (Å²) in [4.78, 5) is 6.98. The smallest absolute Gasteiger partial charge is 0.140 e. The van der Waals surface area contributed by atoms with Gasteiger partial charge in [0.1, 0.15) is 17.5 Å². The highest BCUT2D eigenvalue weighted by molar-refractivity contribution is 6.20. The maximum Gasteiger partial charge on any atom is 0.140 e. The van der Waals surface area contributed by atoms with Crippen LogP contribution in [0.25, 0.3) is 11.4 Å². The first-order valence-electron chi connectivity index (χ1n) is 5.26. The van der Waals surface area contributed by atoms with Crippen molar-refractivity contribution in [2.45, 2.75) is 18.7 Å². The second-order valence-corrected chi connectivity index (χ2v) is 4.21. The van der Waals surface area contributed by atoms with Crippen molar-refractivity contribution in [1.29, 1.82) is 0 Å². The molecular formula is C12H11ClF2N2. The maximum absolute atomic E-state index is 13.5. The number of rotatable bonds is 3. The van der Waals surface area contributed by atoms with Crippen LogP contribution in [0.15, 0.2) is 24.4 Å². The summed E-state index contributed by atoms with van der Waals surface area (Å²) in [5.74, 6) is -0.896. The van der Waals surface area contributed by atoms with Gasteiger partial charge in [0, 0.05) is 6.07 Å². The van der Waals surface area contributed by atoms with E-state index in [2.05, 4.69) is 9.97 Å². The minimum Gasteiger partial charge on any atom is -0.341 e. The Hall–Kier alpha value is -1.42. The Kier molecular flexibility index (Phi) is 3.43. The van der Waals surface area contributed by atoms with Crippen LogP contribution < -0.4 is 0 Å². The van der Waals surface area contributed by atoms with Crippen LogP contribution in [0.1, 0.15) is 24.4 Å². The summed E-state index contributed by atoms with van der Waals surface area (Å²) in [6, 6.07) is 3.37. The lowest BCUT2D eigenvalue weighted by Gasteiger charge is -2.02. The van der Waals surface area contributed by atoms with E-state index in [1.807, 2.05) is 6.92 Å². The molecule has 17 heavy (non-hydrogen) atoms. The Morgan fingerprint density at radius 1 is 1.41 bits per heavy atom. The van der Waals surface area contributed by atoms with E-state index in [0.717, 1.165) is 18.2 Å². The second kappa shape index (κ2) is 4.84. The minimum absolute atomic E-state index is 0.181. The fraction of sp³-hybridized carbons (Fsp3) is 0.250. The number of benzene rings is 1. The Labute approximate surface area is 103 Å². The molecule has 0 aliphatic rings. The zero-order valence-corrected chi connectivity index (χ0v) is 9.93. The predicted octanol–water partition coefficient (Wildman–Crippen LogP) is 4.04. The molecule has 2 aromatic rings. The Morgan fingerprint density at radius 2 is 2.18 bits per heavy atom. The summed E-state index contributed by atoms with van der Waals surface area (Å²) in [5.41, 5.74) is 0.963. The van der Waals surface area contributed by atoms with E-state index >= 15 is 0 Å². The monoisotopic (exact) mass is 256 g/mol. The first kappa shape index (κ1) is 12.0. The summed E-state index contributed by atoms with van der Waals surface area (Å²) >= 11 is 6.03. The van der Waals surface area contributed by atoms with Gasteiger partial charge in [-0.3, -0.25) is 0 Å². The van der Waals surface area contributed by atoms with Crippen LogP contribution in [-0.2, 0) is 0 Å². The van der Waals surface area contributed by atoms with Gasteiger partial charge in [-0.2, -0.15) is 0 Å². The Bertz CT molecular complexity index is 525. The van der Waals surface area contributed by atoms with E-state index in [0.29, 0.717) is 5.82 Å². The zero-order chi connectivity index (χ0) is 12.4. The summed E-state index contributed by atoms with van der Waals surface area (Å²) in [7, 11) is 0. The molecule has 0 aliphatic heterocycles. The number of nitrogens with one attached hydrogen (secondary N) is 1. The molecule has 1 unspecified atom stereocenters. The average Bonchev–Trinajstić information content (AvgIpc) is 2.77. The molecule has 1 aromatic heterocycles. The van der Waals surface area contributed by atoms with Gasteiger partial charge in [-0.1, -0.05) is 6.92 Å². The molecule has 0 aliphatic carbocycles. The molecule has 0 saturated heterocycles. The van der Waals surface area contributed by atoms with Gasteiger partial charge in [0.2, 0.25) is 0 Å². The Balaban J connectivity index is 2.37. The van der Waals surface area contributed by atoms with Gasteiger partial charge in [0.25, 0.3) is 0 Å². The number of alkyl halides is 1. The van der Waals surface area contributed by atoms with Crippen molar-refractivity contribution in [3.63, 3.8) is 0 Å². The van der Waals surface area contributed by atoms with Crippen LogP contribution in [0.2, 0.25) is 0 Å². The lowest BCUT2D eigenvalue weighted by Crippen LogP contribution is -1.90. The first-order valence-corrected chi connectivity index (χ1v) is 5.70. The predicted molar refractivity (Wildman–Crippen MR) is 62.8 cm³/mol. The SMILES string of the molecule is CCC(Cl)c1cnc(-c2ccc(F)cc2F)[nH]1. The lowest BCUT2D eigenvalue weighted by atomic mass is 10.2. The molecule has 5 heteroatoms. The van der Waals surface area contributed by atoms with Crippen LogP contribution in [0, 0.1) is 11.6 Å². The molecule has 0 bridgehead atoms. The summed E-state index contributed by atoms with van der Waals surface area (Å²) < 4.78 is 26.3. The minimum atomic E-state index is -0.645. The molecule has 90 valence electrons. The summed E-state index contributed by atoms with van der Waals surface area (Å²) in [5, 5.41) is -0.181. The topological polar surface area (TPSA) is 28.7 Å². The fourth-order valence-corrected chi connectivity index (χ4v) is 1.64. The number of hydrogen-bond acceptors (Lipinski definition) is 1. The molecule has 1 heterocycles. The van der Waals surface area contributed by atoms with Crippen LogP contribution in [0.3, 0.4) is 0 Å². The summed E-state index contributed by atoms with van der Waals surface area (Å²) in [6.45, 7) is 1.94. The quantitative estimate of drug-likeness (QED) is 0.825. The number of aromatic nitrogens is 2. The molecule has 0 saturated carbocycles. The molecular weight excluding hydrogens is 246 g/mol. The zero-order valence-electron chi connectivity index (χ0n) is 9.17. The molecule has 2 nitrogen and oxygen atoms in total. The number of nitrogens with zero attached hydrogens (tertiary/aromatic N) is 1. The van der Waals surface area contributed by atoms with Gasteiger partial charge in [-0.05, 0) is 18.6 Å². The van der Waals surface area contributed by atoms with E-state index in [1.165, 1.54) is 12.1 Å². The van der Waals surface area contributed by atoms with Crippen LogP contribution in [0.4, 0.5) is 8.78 Å². The molecule has 0 fully saturated rings. The number of imidazole rings is 1. The van der Waals surface area contributed by atoms with Crippen LogP contribution >= 0.6 is 11.6 Å². The van der Waals surface area contributed by atoms with Crippen LogP contribution in [-0.4, -0.2) is 9.97 Å². The van der Waals surface area contributed by atoms with Gasteiger partial charge in [-0.25, -0.2) is 13.8 Å². The molecule has 1 aromatic carbocycles. The third kappa shape index (κ3) is 2.47. The van der Waals surface area contributed by atoms with E-state index < -0.39 is 11.6 Å². The highest BCUT2D eigenvalue weighted by atomic mass is 35.5. The number of aromatic amines is 1. The highest BCUT2D eigenvalue weighted by Gasteiger charge is 2.13. The third-order valence-corrected chi connectivity index (χ3v) is 3.02. The number of hydrogen-bond donors (Lipinski definition) is 1. The van der Waals surface area contributed by atoms with Gasteiger partial charge < -0.3 is 4.98 Å². The van der Waals surface area contributed by atoms with Crippen molar-refractivity contribution in [2.75, 3.05) is 0 Å². The van der Waals surface area contributed by atoms with Crippen molar-refractivity contribution >= 4 is 11.6 Å². The van der Waals surface area contributed by atoms with Gasteiger partial charge in [0.15, 0.2) is 0 Å². The van der Waals surface area contributed by atoms with E-state index in [9.17, 15) is 8.78 Å². The molecule has 0 amide bonds. The standard InChI is InChI=1S/C12H11ClF2N2/c1-2-9(13)11-6-16-12(17-11)8-4-3-7(14)5-10(8)15/h3-6,9H,2H2,1H3,(H,16,17). The molecule has 1 atom stereocenters. The van der Waals surface area contributed by atoms with Crippen molar-refractivity contribution in [1.82, 2.24) is 9.97 Å². The van der Waals surface area contributed by atoms with Crippen molar-refractivity contribution in [3.8, 4) is 11.4 Å². The molecule has 2 rings (SSSR count). The first-order chi connectivity index (χ1) is 8.11. The average molecular weight is 257 g/mol. The second-order valence-electron chi connectivity index (χ2n) is 3.69. The van der Waals surface area contributed by atoms with Crippen molar-refractivity contribution in [3.05, 3.63) is 41.7 Å². The summed E-state index contributed by atoms with van der Waals surface area (Å²) in [6.07, 6.45) is 2.31. The molecule has 1 N–H and O–H groups in total. The number of halogens is 3. The van der Waals surface area contributed by atoms with E-state index in [1.54, 1.807) is 6.20 Å². The normalized spacial score (nSPS) is 12.7. The maximum atomic E-state index is 13.5. The highest BCUT2D eigenvalue weighted by Crippen LogP contribution is 2.26. The molecule has 0 radical (unpaired) electrons. The van der Waals surface area contributed by atoms with E-state index in [-0.39, 0.29) is 10.9 Å².